The molecule has 24 N–H and O–H groups in total. The third kappa shape index (κ3) is 15.2. The molecular weight excluding hydrogens is 1190 g/mol. The fourth-order valence-electron chi connectivity index (χ4n) is 10.7. The first-order valence-corrected chi connectivity index (χ1v) is 27.3. The van der Waals surface area contributed by atoms with Crippen molar-refractivity contribution in [3.05, 3.63) is 0 Å². The average molecular weight is 1270 g/mol. The predicted molar refractivity (Wildman–Crippen MR) is 260 cm³/mol. The molecule has 0 unspecified atom stereocenters. The van der Waals surface area contributed by atoms with Gasteiger partial charge in [-0.2, -0.15) is 0 Å². The van der Waals surface area contributed by atoms with Crippen molar-refractivity contribution in [1.29, 1.82) is 0 Å². The van der Waals surface area contributed by atoms with Crippen LogP contribution in [0, 0.1) is 0 Å². The minimum Gasteiger partial charge on any atom is -0.479 e. The number of carboxylic acids is 2. The second-order valence-corrected chi connectivity index (χ2v) is 21.3. The van der Waals surface area contributed by atoms with Gasteiger partial charge < -0.3 is 184 Å². The Balaban J connectivity index is 1.10. The fraction of sp³-hybridized carbons (Fsp3) is 0.957. The van der Waals surface area contributed by atoms with Crippen LogP contribution in [0.15, 0.2) is 0 Å². The number of carbonyl (C=O) groups is 2. The van der Waals surface area contributed by atoms with Crippen molar-refractivity contribution in [1.82, 2.24) is 0 Å². The summed E-state index contributed by atoms with van der Waals surface area (Å²) in [5.74, 6) is -3.71. The third-order valence-electron chi connectivity index (χ3n) is 15.6. The molecule has 0 amide bonds. The first kappa shape index (κ1) is 71.0. The van der Waals surface area contributed by atoms with E-state index in [1.54, 1.807) is 0 Å². The van der Waals surface area contributed by atoms with Crippen LogP contribution < -0.4 is 5.73 Å². The number of ether oxygens (including phenoxy) is 14. The van der Waals surface area contributed by atoms with Crippen LogP contribution in [0.2, 0.25) is 0 Å². The van der Waals surface area contributed by atoms with Crippen molar-refractivity contribution in [2.24, 2.45) is 5.73 Å². The van der Waals surface area contributed by atoms with Crippen LogP contribution in [0.4, 0.5) is 0 Å². The molecule has 0 aromatic heterocycles. The van der Waals surface area contributed by atoms with E-state index >= 15 is 0 Å². The third-order valence-corrected chi connectivity index (χ3v) is 15.6. The summed E-state index contributed by atoms with van der Waals surface area (Å²) in [5.41, 5.74) is 5.52. The molecular formula is C47H79NO38. The molecule has 39 nitrogen and oxygen atoms in total. The van der Waals surface area contributed by atoms with E-state index in [4.69, 9.17) is 72.0 Å². The first-order chi connectivity index (χ1) is 40.8. The Morgan fingerprint density at radius 2 is 0.605 bits per heavy atom. The van der Waals surface area contributed by atoms with Crippen LogP contribution in [0.1, 0.15) is 19.3 Å². The van der Waals surface area contributed by atoms with Crippen LogP contribution in [0.25, 0.3) is 0 Å². The highest BCUT2D eigenvalue weighted by atomic mass is 16.8. The molecule has 7 heterocycles. The van der Waals surface area contributed by atoms with Crippen molar-refractivity contribution < 1.29 is 188 Å². The average Bonchev–Trinajstić information content (AvgIpc) is 1.69. The van der Waals surface area contributed by atoms with Gasteiger partial charge in [0.05, 0.1) is 33.0 Å². The maximum Gasteiger partial charge on any atom is 0.335 e. The van der Waals surface area contributed by atoms with E-state index in [9.17, 15) is 122 Å². The van der Waals surface area contributed by atoms with Crippen LogP contribution in [-0.2, 0) is 75.9 Å². The highest BCUT2D eigenvalue weighted by Crippen LogP contribution is 2.39. The second kappa shape index (κ2) is 31.2. The van der Waals surface area contributed by atoms with Crippen molar-refractivity contribution >= 4 is 11.9 Å². The molecule has 7 rings (SSSR count). The fourth-order valence-corrected chi connectivity index (χ4v) is 10.7. The Morgan fingerprint density at radius 3 is 1.00 bits per heavy atom. The highest BCUT2D eigenvalue weighted by Gasteiger charge is 2.60. The summed E-state index contributed by atoms with van der Waals surface area (Å²) < 4.78 is 78.9. The molecule has 7 aliphatic heterocycles. The zero-order valence-corrected chi connectivity index (χ0v) is 45.2. The lowest BCUT2D eigenvalue weighted by Crippen LogP contribution is -2.69. The van der Waals surface area contributed by atoms with Gasteiger partial charge in [0.25, 0.3) is 0 Å². The Bertz CT molecular complexity index is 2090. The number of rotatable bonds is 25. The Hall–Kier alpha value is -2.46. The monoisotopic (exact) mass is 1270 g/mol. The smallest absolute Gasteiger partial charge is 0.335 e. The van der Waals surface area contributed by atoms with E-state index in [2.05, 4.69) is 0 Å². The normalized spacial score (nSPS) is 49.5. The maximum absolute atomic E-state index is 12.1. The molecule has 39 heteroatoms. The van der Waals surface area contributed by atoms with Crippen molar-refractivity contribution in [2.45, 2.75) is 234 Å². The zero-order valence-electron chi connectivity index (χ0n) is 45.2. The molecule has 500 valence electrons. The van der Waals surface area contributed by atoms with Crippen molar-refractivity contribution in [3.8, 4) is 0 Å². The zero-order chi connectivity index (χ0) is 63.3. The van der Waals surface area contributed by atoms with Gasteiger partial charge >= 0.3 is 11.9 Å². The van der Waals surface area contributed by atoms with Gasteiger partial charge in [0, 0.05) is 6.61 Å². The summed E-state index contributed by atoms with van der Waals surface area (Å²) in [6, 6.07) is 0. The molecule has 86 heavy (non-hydrogen) atoms. The van der Waals surface area contributed by atoms with Gasteiger partial charge in [-0.25, -0.2) is 9.59 Å². The van der Waals surface area contributed by atoms with Gasteiger partial charge in [0.2, 0.25) is 0 Å². The number of aliphatic hydroxyl groups excluding tert-OH is 20. The van der Waals surface area contributed by atoms with Crippen molar-refractivity contribution in [2.75, 3.05) is 46.2 Å². The van der Waals surface area contributed by atoms with Crippen LogP contribution in [-0.4, -0.2) is 385 Å². The number of hydrogen-bond acceptors (Lipinski definition) is 37. The Labute approximate surface area is 485 Å². The lowest BCUT2D eigenvalue weighted by atomic mass is 9.94. The van der Waals surface area contributed by atoms with Gasteiger partial charge in [-0.05, 0) is 25.8 Å². The van der Waals surface area contributed by atoms with Crippen molar-refractivity contribution in [3.63, 3.8) is 0 Å². The largest absolute Gasteiger partial charge is 0.479 e. The van der Waals surface area contributed by atoms with Gasteiger partial charge in [-0.15, -0.1) is 0 Å². The Morgan fingerprint density at radius 1 is 0.302 bits per heavy atom. The van der Waals surface area contributed by atoms with Gasteiger partial charge in [0.15, 0.2) is 56.2 Å². The first-order valence-electron chi connectivity index (χ1n) is 27.3. The number of hydrogen-bond donors (Lipinski definition) is 23. The quantitative estimate of drug-likeness (QED) is 0.0377. The Kier molecular flexibility index (Phi) is 25.8. The summed E-state index contributed by atoms with van der Waals surface area (Å²) in [6.45, 7) is -5.06. The SMILES string of the molecule is NCCCCCO[C@H]1O[C@H](CO)[C@@H](O[C@@H]2O[C@H](CO)[C@@H](O[C@@H]3O[C@H](CO)[C@@H](O)[C@H](O[C@H]4O[C@H](CO)[C@@H](O[C@@H]5O[C@H](CO)[C@@H](O)[C@H](O[C@H]6O[C@H](C(=O)O)[C@@H](O)[C@H](O)[C@H]6O)[C@@H]5O)[C@H](O)[C@H]4O)[C@H]3O)[C@H](O[C@H]3O[C@H](C(=O)O)[C@@H](O)[C@H](O)[C@H]3O)[C@@H]2O)[C@H](O)[C@H]1O. The number of aliphatic hydroxyl groups is 20. The maximum atomic E-state index is 12.1. The van der Waals surface area contributed by atoms with E-state index in [0.717, 1.165) is 0 Å². The second-order valence-electron chi connectivity index (χ2n) is 21.3. The summed E-state index contributed by atoms with van der Waals surface area (Å²) >= 11 is 0. The number of nitrogens with two attached hydrogens (primary N) is 1. The van der Waals surface area contributed by atoms with E-state index in [-0.39, 0.29) is 6.61 Å². The van der Waals surface area contributed by atoms with Gasteiger partial charge in [-0.1, -0.05) is 0 Å². The van der Waals surface area contributed by atoms with Crippen LogP contribution in [0.5, 0.6) is 0 Å². The molecule has 0 bridgehead atoms. The van der Waals surface area contributed by atoms with E-state index < -0.39 is 260 Å². The van der Waals surface area contributed by atoms with Gasteiger partial charge in [-0.3, -0.25) is 0 Å². The topological polar surface area (TPSA) is 634 Å². The van der Waals surface area contributed by atoms with Crippen LogP contribution in [0.3, 0.4) is 0 Å². The van der Waals surface area contributed by atoms with Gasteiger partial charge in [0.1, 0.15) is 159 Å². The molecule has 0 spiro atoms. The minimum atomic E-state index is -2.40. The molecule has 0 radical (unpaired) electrons. The molecule has 0 aromatic rings. The number of unbranched alkanes of at least 4 members (excludes halogenated alkanes) is 2. The minimum absolute atomic E-state index is 0.0222. The molecule has 7 fully saturated rings. The lowest BCUT2D eigenvalue weighted by Gasteiger charge is -2.51. The predicted octanol–water partition coefficient (Wildman–Crippen LogP) is -14.9. The number of carboxylic acid groups (broad SMARTS) is 2. The summed E-state index contributed by atoms with van der Waals surface area (Å²) in [4.78, 5) is 23.8. The number of aliphatic carboxylic acids is 2. The van der Waals surface area contributed by atoms with E-state index in [1.807, 2.05) is 0 Å². The molecule has 35 atom stereocenters. The summed E-state index contributed by atoms with van der Waals surface area (Å²) in [7, 11) is 0. The lowest BCUT2D eigenvalue weighted by molar-refractivity contribution is -0.406. The molecule has 7 saturated heterocycles. The molecule has 0 aromatic carbocycles. The van der Waals surface area contributed by atoms with Crippen LogP contribution >= 0.6 is 0 Å². The van der Waals surface area contributed by atoms with E-state index in [1.165, 1.54) is 0 Å². The standard InChI is InChI=1S/C47H79NO38/c48-4-2-1-3-5-73-41-26(64)22(60)31(13(8-51)76-41)80-47-30(68)36(84-44-25(63)19(57)21(59)38(86-44)40(71)72)33(15(10-53)78-47)81-46-29(67)34(16(54)12(7-50)75-46)82-42-27(65)23(61)32(14(9-52)77-42)79-45-28(66)35(17(55)11(6-49)74-45)83-43-24(62)18(56)20(58)37(85-43)39(69)70/h11-38,41-47,49-68H,1-10,48H2,(H,69,70)(H,71,72)/t11-,12-,13-,14-,15-,16-,17-,18+,19+,20+,21+,22-,23-,24-,25-,26-,27-,28+,29-,30+,31-,32-,33-,34+,35+,36-,37+,38+,41+,42-,43+,44+,45+,46+,47+/m1/s1. The summed E-state index contributed by atoms with van der Waals surface area (Å²) in [6.07, 6.45) is -72.6. The van der Waals surface area contributed by atoms with E-state index in [0.29, 0.717) is 25.8 Å². The molecule has 7 aliphatic rings. The highest BCUT2D eigenvalue weighted by molar-refractivity contribution is 5.73. The molecule has 0 saturated carbocycles. The summed E-state index contributed by atoms with van der Waals surface area (Å²) in [5, 5.41) is 237. The molecule has 0 aliphatic carbocycles.